The van der Waals surface area contributed by atoms with E-state index in [0.29, 0.717) is 11.6 Å². The molecule has 1 saturated heterocycles. The van der Waals surface area contributed by atoms with E-state index in [1.54, 1.807) is 31.1 Å². The van der Waals surface area contributed by atoms with Gasteiger partial charge in [0.2, 0.25) is 0 Å². The molecule has 21 heavy (non-hydrogen) atoms. The van der Waals surface area contributed by atoms with Gasteiger partial charge in [-0.15, -0.1) is 0 Å². The summed E-state index contributed by atoms with van der Waals surface area (Å²) < 4.78 is 6.69. The lowest BCUT2D eigenvalue weighted by molar-refractivity contribution is 0.0924. The predicted molar refractivity (Wildman–Crippen MR) is 81.2 cm³/mol. The van der Waals surface area contributed by atoms with Crippen molar-refractivity contribution in [3.05, 3.63) is 18.0 Å². The third-order valence-electron chi connectivity index (χ3n) is 4.13. The minimum absolute atomic E-state index is 0.0301. The van der Waals surface area contributed by atoms with E-state index in [-0.39, 0.29) is 5.91 Å². The average Bonchev–Trinajstić information content (AvgIpc) is 2.92. The molecule has 1 aliphatic rings. The van der Waals surface area contributed by atoms with Crippen LogP contribution in [0.3, 0.4) is 0 Å². The Balaban J connectivity index is 1.65. The number of nitrogens with zero attached hydrogens (tertiary/aromatic N) is 3. The highest BCUT2D eigenvalue weighted by Crippen LogP contribution is 2.16. The van der Waals surface area contributed by atoms with Crippen molar-refractivity contribution in [2.75, 3.05) is 39.9 Å². The molecular formula is C15H26N4O2. The number of piperidine rings is 1. The molecule has 0 aliphatic carbocycles. The molecule has 1 aromatic rings. The fraction of sp³-hybridized carbons (Fsp3) is 0.733. The van der Waals surface area contributed by atoms with Crippen molar-refractivity contribution in [3.8, 4) is 0 Å². The molecule has 0 radical (unpaired) electrons. The fourth-order valence-corrected chi connectivity index (χ4v) is 2.77. The number of nitrogens with one attached hydrogen (secondary N) is 1. The molecule has 2 heterocycles. The van der Waals surface area contributed by atoms with Crippen LogP contribution in [0.2, 0.25) is 0 Å². The van der Waals surface area contributed by atoms with Crippen LogP contribution in [0.4, 0.5) is 0 Å². The molecule has 1 N–H and O–H groups in total. The Hall–Kier alpha value is -1.40. The number of ether oxygens (including phenoxy) is 1. The first-order valence-corrected chi connectivity index (χ1v) is 7.68. The standard InChI is InChI=1S/C15H26N4O2/c1-18-14(4-7-17-18)15(20)16-12-13-5-9-19(10-6-13)8-3-11-21-2/h4,7,13H,3,5-6,8-12H2,1-2H3,(H,16,20). The highest BCUT2D eigenvalue weighted by atomic mass is 16.5. The second-order valence-corrected chi connectivity index (χ2v) is 5.68. The topological polar surface area (TPSA) is 59.4 Å². The number of aryl methyl sites for hydroxylation is 1. The number of hydrogen-bond donors (Lipinski definition) is 1. The molecule has 0 unspecified atom stereocenters. The average molecular weight is 294 g/mol. The van der Waals surface area contributed by atoms with E-state index in [0.717, 1.165) is 52.0 Å². The molecule has 1 aliphatic heterocycles. The Kier molecular flexibility index (Phi) is 6.20. The van der Waals surface area contributed by atoms with Gasteiger partial charge < -0.3 is 15.0 Å². The summed E-state index contributed by atoms with van der Waals surface area (Å²) in [6.07, 6.45) is 5.04. The predicted octanol–water partition coefficient (Wildman–Crippen LogP) is 0.898. The SMILES string of the molecule is COCCCN1CCC(CNC(=O)c2ccnn2C)CC1. The van der Waals surface area contributed by atoms with Crippen molar-refractivity contribution in [2.45, 2.75) is 19.3 Å². The normalized spacial score (nSPS) is 17.0. The summed E-state index contributed by atoms with van der Waals surface area (Å²) in [6.45, 7) is 4.95. The molecule has 0 atom stereocenters. The largest absolute Gasteiger partial charge is 0.385 e. The molecule has 2 rings (SSSR count). The first-order valence-electron chi connectivity index (χ1n) is 7.68. The second kappa shape index (κ2) is 8.14. The molecule has 1 fully saturated rings. The summed E-state index contributed by atoms with van der Waals surface area (Å²) in [4.78, 5) is 14.5. The van der Waals surface area contributed by atoms with E-state index in [1.807, 2.05) is 0 Å². The van der Waals surface area contributed by atoms with Crippen LogP contribution in [-0.2, 0) is 11.8 Å². The van der Waals surface area contributed by atoms with Gasteiger partial charge in [0.25, 0.3) is 5.91 Å². The van der Waals surface area contributed by atoms with Crippen LogP contribution < -0.4 is 5.32 Å². The number of rotatable bonds is 7. The van der Waals surface area contributed by atoms with Gasteiger partial charge in [-0.2, -0.15) is 5.10 Å². The van der Waals surface area contributed by atoms with Gasteiger partial charge in [-0.05, 0) is 44.3 Å². The zero-order valence-corrected chi connectivity index (χ0v) is 13.0. The van der Waals surface area contributed by atoms with Crippen LogP contribution >= 0.6 is 0 Å². The van der Waals surface area contributed by atoms with Gasteiger partial charge in [0.15, 0.2) is 0 Å². The van der Waals surface area contributed by atoms with Gasteiger partial charge in [0, 0.05) is 40.1 Å². The van der Waals surface area contributed by atoms with Crippen LogP contribution in [0.5, 0.6) is 0 Å². The molecule has 1 aromatic heterocycles. The first kappa shape index (κ1) is 16.0. The van der Waals surface area contributed by atoms with E-state index >= 15 is 0 Å². The zero-order chi connectivity index (χ0) is 15.1. The van der Waals surface area contributed by atoms with Gasteiger partial charge in [-0.25, -0.2) is 0 Å². The van der Waals surface area contributed by atoms with Gasteiger partial charge in [-0.1, -0.05) is 0 Å². The number of aromatic nitrogens is 2. The maximum absolute atomic E-state index is 12.0. The van der Waals surface area contributed by atoms with Crippen molar-refractivity contribution in [3.63, 3.8) is 0 Å². The Morgan fingerprint density at radius 3 is 2.86 bits per heavy atom. The van der Waals surface area contributed by atoms with Crippen LogP contribution in [0.15, 0.2) is 12.3 Å². The summed E-state index contributed by atoms with van der Waals surface area (Å²) in [7, 11) is 3.53. The number of methoxy groups -OCH3 is 1. The fourth-order valence-electron chi connectivity index (χ4n) is 2.77. The Labute approximate surface area is 126 Å². The van der Waals surface area contributed by atoms with Crippen molar-refractivity contribution in [1.29, 1.82) is 0 Å². The van der Waals surface area contributed by atoms with E-state index in [1.165, 1.54) is 0 Å². The maximum Gasteiger partial charge on any atom is 0.269 e. The monoisotopic (exact) mass is 294 g/mol. The van der Waals surface area contributed by atoms with Crippen molar-refractivity contribution < 1.29 is 9.53 Å². The lowest BCUT2D eigenvalue weighted by atomic mass is 9.96. The number of carbonyl (C=O) groups excluding carboxylic acids is 1. The van der Waals surface area contributed by atoms with Crippen LogP contribution in [0, 0.1) is 5.92 Å². The smallest absolute Gasteiger partial charge is 0.269 e. The minimum atomic E-state index is -0.0301. The van der Waals surface area contributed by atoms with Crippen molar-refractivity contribution in [1.82, 2.24) is 20.0 Å². The summed E-state index contributed by atoms with van der Waals surface area (Å²) in [5, 5.41) is 7.04. The van der Waals surface area contributed by atoms with Crippen LogP contribution in [0.25, 0.3) is 0 Å². The van der Waals surface area contributed by atoms with E-state index in [2.05, 4.69) is 15.3 Å². The third-order valence-corrected chi connectivity index (χ3v) is 4.13. The first-order chi connectivity index (χ1) is 10.2. The Morgan fingerprint density at radius 2 is 2.24 bits per heavy atom. The van der Waals surface area contributed by atoms with Crippen LogP contribution in [-0.4, -0.2) is 60.5 Å². The quantitative estimate of drug-likeness (QED) is 0.759. The summed E-state index contributed by atoms with van der Waals surface area (Å²) >= 11 is 0. The number of hydrogen-bond acceptors (Lipinski definition) is 4. The molecule has 118 valence electrons. The van der Waals surface area contributed by atoms with Gasteiger partial charge in [0.1, 0.15) is 5.69 Å². The Bertz CT molecular complexity index is 439. The molecule has 0 aromatic carbocycles. The highest BCUT2D eigenvalue weighted by Gasteiger charge is 2.20. The Morgan fingerprint density at radius 1 is 1.48 bits per heavy atom. The van der Waals surface area contributed by atoms with Gasteiger partial charge in [-0.3, -0.25) is 9.48 Å². The van der Waals surface area contributed by atoms with Gasteiger partial charge >= 0.3 is 0 Å². The van der Waals surface area contributed by atoms with Crippen molar-refractivity contribution in [2.24, 2.45) is 13.0 Å². The lowest BCUT2D eigenvalue weighted by Crippen LogP contribution is -2.39. The summed E-state index contributed by atoms with van der Waals surface area (Å²) in [5.41, 5.74) is 0.618. The van der Waals surface area contributed by atoms with E-state index < -0.39 is 0 Å². The molecule has 6 heteroatoms. The number of carbonyl (C=O) groups is 1. The third kappa shape index (κ3) is 4.82. The maximum atomic E-state index is 12.0. The summed E-state index contributed by atoms with van der Waals surface area (Å²) in [5.74, 6) is 0.554. The molecule has 6 nitrogen and oxygen atoms in total. The molecular weight excluding hydrogens is 268 g/mol. The molecule has 1 amide bonds. The van der Waals surface area contributed by atoms with E-state index in [4.69, 9.17) is 4.74 Å². The minimum Gasteiger partial charge on any atom is -0.385 e. The van der Waals surface area contributed by atoms with Gasteiger partial charge in [0.05, 0.1) is 0 Å². The van der Waals surface area contributed by atoms with Crippen molar-refractivity contribution >= 4 is 5.91 Å². The van der Waals surface area contributed by atoms with Crippen LogP contribution in [0.1, 0.15) is 29.8 Å². The second-order valence-electron chi connectivity index (χ2n) is 5.68. The number of likely N-dealkylation sites (tertiary alicyclic amines) is 1. The van der Waals surface area contributed by atoms with E-state index in [9.17, 15) is 4.79 Å². The molecule has 0 saturated carbocycles. The zero-order valence-electron chi connectivity index (χ0n) is 13.0. The number of amides is 1. The lowest BCUT2D eigenvalue weighted by Gasteiger charge is -2.31. The molecule has 0 bridgehead atoms. The highest BCUT2D eigenvalue weighted by molar-refractivity contribution is 5.92. The summed E-state index contributed by atoms with van der Waals surface area (Å²) in [6, 6.07) is 1.74. The molecule has 0 spiro atoms.